The van der Waals surface area contributed by atoms with Crippen molar-refractivity contribution in [2.24, 2.45) is 0 Å². The van der Waals surface area contributed by atoms with Gasteiger partial charge in [0.15, 0.2) is 0 Å². The SMILES string of the molecule is CSc1ccccc1C(=O)NCc1ccc(Oc2ccc(F)cc2)cc1. The Morgan fingerprint density at radius 2 is 1.58 bits per heavy atom. The van der Waals surface area contributed by atoms with E-state index in [1.807, 2.05) is 54.8 Å². The lowest BCUT2D eigenvalue weighted by Gasteiger charge is -2.10. The summed E-state index contributed by atoms with van der Waals surface area (Å²) in [4.78, 5) is 13.3. The molecular formula is C21H18FNO2S. The van der Waals surface area contributed by atoms with Crippen molar-refractivity contribution < 1.29 is 13.9 Å². The van der Waals surface area contributed by atoms with Crippen molar-refractivity contribution in [3.05, 3.63) is 89.7 Å². The van der Waals surface area contributed by atoms with Gasteiger partial charge in [-0.2, -0.15) is 0 Å². The first-order chi connectivity index (χ1) is 12.7. The Morgan fingerprint density at radius 3 is 2.23 bits per heavy atom. The predicted molar refractivity (Wildman–Crippen MR) is 102 cm³/mol. The lowest BCUT2D eigenvalue weighted by molar-refractivity contribution is 0.0948. The van der Waals surface area contributed by atoms with Crippen molar-refractivity contribution in [2.75, 3.05) is 6.26 Å². The van der Waals surface area contributed by atoms with Gasteiger partial charge in [0, 0.05) is 11.4 Å². The average Bonchev–Trinajstić information content (AvgIpc) is 2.69. The quantitative estimate of drug-likeness (QED) is 0.603. The van der Waals surface area contributed by atoms with Crippen molar-refractivity contribution in [1.82, 2.24) is 5.32 Å². The molecular weight excluding hydrogens is 349 g/mol. The Morgan fingerprint density at radius 1 is 0.962 bits per heavy atom. The van der Waals surface area contributed by atoms with Crippen LogP contribution >= 0.6 is 11.8 Å². The van der Waals surface area contributed by atoms with Gasteiger partial charge in [-0.25, -0.2) is 4.39 Å². The van der Waals surface area contributed by atoms with E-state index >= 15 is 0 Å². The highest BCUT2D eigenvalue weighted by Gasteiger charge is 2.09. The van der Waals surface area contributed by atoms with Gasteiger partial charge in [0.1, 0.15) is 17.3 Å². The van der Waals surface area contributed by atoms with E-state index in [0.29, 0.717) is 23.6 Å². The zero-order valence-electron chi connectivity index (χ0n) is 14.2. The third kappa shape index (κ3) is 4.64. The van der Waals surface area contributed by atoms with Crippen LogP contribution in [0.15, 0.2) is 77.7 Å². The summed E-state index contributed by atoms with van der Waals surface area (Å²) >= 11 is 1.55. The molecule has 26 heavy (non-hydrogen) atoms. The third-order valence-electron chi connectivity index (χ3n) is 3.78. The van der Waals surface area contributed by atoms with Gasteiger partial charge in [0.2, 0.25) is 0 Å². The third-order valence-corrected chi connectivity index (χ3v) is 4.57. The first kappa shape index (κ1) is 18.0. The lowest BCUT2D eigenvalue weighted by atomic mass is 10.2. The van der Waals surface area contributed by atoms with Crippen molar-refractivity contribution in [3.63, 3.8) is 0 Å². The molecule has 0 spiro atoms. The molecule has 1 amide bonds. The standard InChI is InChI=1S/C21H18FNO2S/c1-26-20-5-3-2-4-19(20)21(24)23-14-15-6-10-17(11-7-15)25-18-12-8-16(22)9-13-18/h2-13H,14H2,1H3,(H,23,24). The lowest BCUT2D eigenvalue weighted by Crippen LogP contribution is -2.23. The molecule has 0 aromatic heterocycles. The number of ether oxygens (including phenoxy) is 1. The van der Waals surface area contributed by atoms with E-state index in [4.69, 9.17) is 4.74 Å². The van der Waals surface area contributed by atoms with Crippen LogP contribution in [0.3, 0.4) is 0 Å². The van der Waals surface area contributed by atoms with E-state index in [-0.39, 0.29) is 11.7 Å². The number of hydrogen-bond donors (Lipinski definition) is 1. The molecule has 0 radical (unpaired) electrons. The van der Waals surface area contributed by atoms with Gasteiger partial charge in [0.25, 0.3) is 5.91 Å². The Hall–Kier alpha value is -2.79. The van der Waals surface area contributed by atoms with Crippen molar-refractivity contribution in [3.8, 4) is 11.5 Å². The molecule has 0 aliphatic heterocycles. The van der Waals surface area contributed by atoms with E-state index in [0.717, 1.165) is 10.5 Å². The van der Waals surface area contributed by atoms with Gasteiger partial charge >= 0.3 is 0 Å². The van der Waals surface area contributed by atoms with Crippen LogP contribution in [0, 0.1) is 5.82 Å². The summed E-state index contributed by atoms with van der Waals surface area (Å²) in [6.07, 6.45) is 1.95. The molecule has 3 rings (SSSR count). The smallest absolute Gasteiger partial charge is 0.252 e. The first-order valence-electron chi connectivity index (χ1n) is 8.09. The second kappa shape index (κ2) is 8.54. The summed E-state index contributed by atoms with van der Waals surface area (Å²) in [7, 11) is 0. The topological polar surface area (TPSA) is 38.3 Å². The fourth-order valence-corrected chi connectivity index (χ4v) is 3.02. The molecule has 0 heterocycles. The number of carbonyl (C=O) groups excluding carboxylic acids is 1. The Labute approximate surface area is 156 Å². The van der Waals surface area contributed by atoms with Gasteiger partial charge in [-0.15, -0.1) is 11.8 Å². The summed E-state index contributed by atoms with van der Waals surface area (Å²) < 4.78 is 18.6. The molecule has 3 aromatic rings. The molecule has 0 aliphatic carbocycles. The highest BCUT2D eigenvalue weighted by molar-refractivity contribution is 7.98. The molecule has 0 saturated heterocycles. The zero-order valence-corrected chi connectivity index (χ0v) is 15.1. The molecule has 0 fully saturated rings. The van der Waals surface area contributed by atoms with Gasteiger partial charge < -0.3 is 10.1 Å². The van der Waals surface area contributed by atoms with Crippen LogP contribution in [-0.2, 0) is 6.54 Å². The fraction of sp³-hybridized carbons (Fsp3) is 0.0952. The normalized spacial score (nSPS) is 10.4. The molecule has 0 atom stereocenters. The minimum atomic E-state index is -0.300. The van der Waals surface area contributed by atoms with Gasteiger partial charge in [-0.3, -0.25) is 4.79 Å². The fourth-order valence-electron chi connectivity index (χ4n) is 2.42. The number of carbonyl (C=O) groups is 1. The summed E-state index contributed by atoms with van der Waals surface area (Å²) in [5.41, 5.74) is 1.64. The Balaban J connectivity index is 1.59. The van der Waals surface area contributed by atoms with Crippen LogP contribution < -0.4 is 10.1 Å². The van der Waals surface area contributed by atoms with E-state index in [2.05, 4.69) is 5.32 Å². The number of hydrogen-bond acceptors (Lipinski definition) is 3. The van der Waals surface area contributed by atoms with Crippen LogP contribution in [0.2, 0.25) is 0 Å². The molecule has 0 saturated carbocycles. The summed E-state index contributed by atoms with van der Waals surface area (Å²) in [5, 5.41) is 2.93. The van der Waals surface area contributed by atoms with Gasteiger partial charge in [-0.05, 0) is 60.4 Å². The molecule has 0 unspecified atom stereocenters. The van der Waals surface area contributed by atoms with Crippen molar-refractivity contribution in [1.29, 1.82) is 0 Å². The number of thioether (sulfide) groups is 1. The number of amides is 1. The first-order valence-corrected chi connectivity index (χ1v) is 9.32. The van der Waals surface area contributed by atoms with E-state index in [1.54, 1.807) is 23.9 Å². The Bertz CT molecular complexity index is 879. The van der Waals surface area contributed by atoms with Crippen LogP contribution in [0.1, 0.15) is 15.9 Å². The maximum Gasteiger partial charge on any atom is 0.252 e. The van der Waals surface area contributed by atoms with E-state index in [1.165, 1.54) is 12.1 Å². The summed E-state index contributed by atoms with van der Waals surface area (Å²) in [6, 6.07) is 20.8. The van der Waals surface area contributed by atoms with E-state index in [9.17, 15) is 9.18 Å². The monoisotopic (exact) mass is 367 g/mol. The molecule has 3 nitrogen and oxygen atoms in total. The number of halogens is 1. The number of benzene rings is 3. The average molecular weight is 367 g/mol. The molecule has 5 heteroatoms. The zero-order chi connectivity index (χ0) is 18.4. The molecule has 132 valence electrons. The number of rotatable bonds is 6. The largest absolute Gasteiger partial charge is 0.457 e. The van der Waals surface area contributed by atoms with Crippen LogP contribution in [0.5, 0.6) is 11.5 Å². The maximum atomic E-state index is 12.9. The van der Waals surface area contributed by atoms with Crippen LogP contribution in [0.25, 0.3) is 0 Å². The molecule has 3 aromatic carbocycles. The second-order valence-corrected chi connectivity index (χ2v) is 6.43. The van der Waals surface area contributed by atoms with Gasteiger partial charge in [0.05, 0.1) is 5.56 Å². The highest BCUT2D eigenvalue weighted by Crippen LogP contribution is 2.22. The molecule has 1 N–H and O–H groups in total. The maximum absolute atomic E-state index is 12.9. The van der Waals surface area contributed by atoms with Gasteiger partial charge in [-0.1, -0.05) is 24.3 Å². The summed E-state index contributed by atoms with van der Waals surface area (Å²) in [6.45, 7) is 0.429. The van der Waals surface area contributed by atoms with Crippen molar-refractivity contribution in [2.45, 2.75) is 11.4 Å². The minimum absolute atomic E-state index is 0.0958. The summed E-state index contributed by atoms with van der Waals surface area (Å²) in [5.74, 6) is 0.827. The molecule has 0 aliphatic rings. The van der Waals surface area contributed by atoms with Crippen LogP contribution in [-0.4, -0.2) is 12.2 Å². The highest BCUT2D eigenvalue weighted by atomic mass is 32.2. The Kier molecular flexibility index (Phi) is 5.92. The minimum Gasteiger partial charge on any atom is -0.457 e. The number of nitrogens with one attached hydrogen (secondary N) is 1. The predicted octanol–water partition coefficient (Wildman–Crippen LogP) is 5.27. The van der Waals surface area contributed by atoms with Crippen molar-refractivity contribution >= 4 is 17.7 Å². The van der Waals surface area contributed by atoms with E-state index < -0.39 is 0 Å². The second-order valence-electron chi connectivity index (χ2n) is 5.58. The van der Waals surface area contributed by atoms with Crippen LogP contribution in [0.4, 0.5) is 4.39 Å². The molecule has 0 bridgehead atoms.